The van der Waals surface area contributed by atoms with Crippen molar-refractivity contribution in [1.29, 1.82) is 0 Å². The average Bonchev–Trinajstić information content (AvgIpc) is 2.48. The lowest BCUT2D eigenvalue weighted by Crippen LogP contribution is -2.13. The lowest BCUT2D eigenvalue weighted by atomic mass is 10.1. The van der Waals surface area contributed by atoms with E-state index in [1.165, 1.54) is 0 Å². The van der Waals surface area contributed by atoms with Crippen LogP contribution in [0.5, 0.6) is 11.5 Å². The summed E-state index contributed by atoms with van der Waals surface area (Å²) >= 11 is 0. The van der Waals surface area contributed by atoms with E-state index >= 15 is 0 Å². The molecule has 3 nitrogen and oxygen atoms in total. The summed E-state index contributed by atoms with van der Waals surface area (Å²) in [6.45, 7) is 0. The van der Waals surface area contributed by atoms with Crippen molar-refractivity contribution >= 4 is 16.9 Å². The lowest BCUT2D eigenvalue weighted by molar-refractivity contribution is 0.152. The summed E-state index contributed by atoms with van der Waals surface area (Å²) in [5.41, 5.74) is 0. The molecule has 0 heterocycles. The van der Waals surface area contributed by atoms with E-state index in [0.29, 0.717) is 11.5 Å². The molecule has 98 valence electrons. The zero-order chi connectivity index (χ0) is 13.8. The van der Waals surface area contributed by atoms with Crippen LogP contribution in [0.25, 0.3) is 10.8 Å². The van der Waals surface area contributed by atoms with Gasteiger partial charge in [-0.3, -0.25) is 0 Å². The Hall–Kier alpha value is -2.81. The van der Waals surface area contributed by atoms with Gasteiger partial charge in [0.1, 0.15) is 11.5 Å². The second kappa shape index (κ2) is 5.45. The predicted molar refractivity (Wildman–Crippen MR) is 77.0 cm³/mol. The van der Waals surface area contributed by atoms with Crippen LogP contribution in [-0.4, -0.2) is 6.16 Å². The molecule has 0 aliphatic carbocycles. The van der Waals surface area contributed by atoms with Crippen LogP contribution in [0.2, 0.25) is 0 Å². The van der Waals surface area contributed by atoms with Gasteiger partial charge in [0.2, 0.25) is 0 Å². The molecule has 0 aliphatic rings. The Morgan fingerprint density at radius 2 is 1.30 bits per heavy atom. The summed E-state index contributed by atoms with van der Waals surface area (Å²) in [7, 11) is 0. The highest BCUT2D eigenvalue weighted by Gasteiger charge is 2.07. The van der Waals surface area contributed by atoms with Gasteiger partial charge in [0, 0.05) is 0 Å². The van der Waals surface area contributed by atoms with Crippen molar-refractivity contribution in [2.45, 2.75) is 0 Å². The Labute approximate surface area is 116 Å². The van der Waals surface area contributed by atoms with Crippen molar-refractivity contribution < 1.29 is 14.3 Å². The molecule has 0 saturated carbocycles. The molecule has 0 amide bonds. The number of carbonyl (C=O) groups excluding carboxylic acids is 1. The summed E-state index contributed by atoms with van der Waals surface area (Å²) in [6.07, 6.45) is -0.744. The number of fused-ring (bicyclic) bond motifs is 1. The third kappa shape index (κ3) is 2.78. The third-order valence-corrected chi connectivity index (χ3v) is 2.87. The fraction of sp³-hybridized carbons (Fsp3) is 0. The molecule has 3 aromatic carbocycles. The summed E-state index contributed by atoms with van der Waals surface area (Å²) < 4.78 is 10.2. The molecule has 0 N–H and O–H groups in total. The third-order valence-electron chi connectivity index (χ3n) is 2.87. The van der Waals surface area contributed by atoms with Crippen molar-refractivity contribution in [3.63, 3.8) is 0 Å². The molecule has 0 fully saturated rings. The first-order valence-corrected chi connectivity index (χ1v) is 6.25. The van der Waals surface area contributed by atoms with Crippen molar-refractivity contribution in [2.75, 3.05) is 0 Å². The van der Waals surface area contributed by atoms with Gasteiger partial charge in [-0.15, -0.1) is 0 Å². The lowest BCUT2D eigenvalue weighted by Gasteiger charge is -2.06. The Morgan fingerprint density at radius 3 is 2.10 bits per heavy atom. The molecular formula is C17H12O3. The summed E-state index contributed by atoms with van der Waals surface area (Å²) in [6, 6.07) is 22.1. The molecule has 0 spiro atoms. The van der Waals surface area contributed by atoms with Crippen LogP contribution in [0.1, 0.15) is 0 Å². The van der Waals surface area contributed by atoms with Crippen LogP contribution in [0.4, 0.5) is 4.79 Å². The molecule has 0 aliphatic heterocycles. The monoisotopic (exact) mass is 264 g/mol. The Kier molecular flexibility index (Phi) is 3.33. The minimum Gasteiger partial charge on any atom is -0.395 e. The maximum Gasteiger partial charge on any atom is 0.519 e. The molecule has 0 aromatic heterocycles. The standard InChI is InChI=1S/C17H12O3/c18-17(19-15-8-2-1-3-9-15)20-16-11-10-13-6-4-5-7-14(13)12-16/h1-12H. The van der Waals surface area contributed by atoms with Gasteiger partial charge >= 0.3 is 6.16 Å². The van der Waals surface area contributed by atoms with Gasteiger partial charge in [0.05, 0.1) is 0 Å². The smallest absolute Gasteiger partial charge is 0.395 e. The Bertz CT molecular complexity index is 735. The Morgan fingerprint density at radius 1 is 0.650 bits per heavy atom. The molecule has 0 atom stereocenters. The number of carbonyl (C=O) groups is 1. The number of hydrogen-bond donors (Lipinski definition) is 0. The fourth-order valence-corrected chi connectivity index (χ4v) is 1.93. The topological polar surface area (TPSA) is 35.5 Å². The van der Waals surface area contributed by atoms with Crippen LogP contribution in [0.15, 0.2) is 72.8 Å². The van der Waals surface area contributed by atoms with Gasteiger partial charge in [0.15, 0.2) is 0 Å². The van der Waals surface area contributed by atoms with Gasteiger partial charge in [-0.2, -0.15) is 0 Å². The minimum absolute atomic E-state index is 0.457. The molecule has 3 heteroatoms. The molecule has 3 rings (SSSR count). The van der Waals surface area contributed by atoms with E-state index in [9.17, 15) is 4.79 Å². The van der Waals surface area contributed by atoms with Crippen molar-refractivity contribution in [2.24, 2.45) is 0 Å². The van der Waals surface area contributed by atoms with Crippen LogP contribution < -0.4 is 9.47 Å². The van der Waals surface area contributed by atoms with Crippen LogP contribution >= 0.6 is 0 Å². The number of benzene rings is 3. The van der Waals surface area contributed by atoms with E-state index in [-0.39, 0.29) is 0 Å². The SMILES string of the molecule is O=C(Oc1ccccc1)Oc1ccc2ccccc2c1. The first-order chi connectivity index (χ1) is 9.81. The number of rotatable bonds is 2. The van der Waals surface area contributed by atoms with E-state index in [0.717, 1.165) is 10.8 Å². The van der Waals surface area contributed by atoms with Crippen molar-refractivity contribution in [1.82, 2.24) is 0 Å². The second-order valence-corrected chi connectivity index (χ2v) is 4.28. The van der Waals surface area contributed by atoms with Gasteiger partial charge < -0.3 is 9.47 Å². The van der Waals surface area contributed by atoms with Gasteiger partial charge in [-0.1, -0.05) is 48.5 Å². The molecule has 0 bridgehead atoms. The normalized spacial score (nSPS) is 10.2. The van der Waals surface area contributed by atoms with Crippen LogP contribution in [0, 0.1) is 0 Å². The number of hydrogen-bond acceptors (Lipinski definition) is 3. The maximum atomic E-state index is 11.7. The average molecular weight is 264 g/mol. The molecule has 0 unspecified atom stereocenters. The first kappa shape index (κ1) is 12.2. The van der Waals surface area contributed by atoms with E-state index < -0.39 is 6.16 Å². The molecule has 0 radical (unpaired) electrons. The highest BCUT2D eigenvalue weighted by atomic mass is 16.7. The van der Waals surface area contributed by atoms with E-state index in [2.05, 4.69) is 0 Å². The molecule has 3 aromatic rings. The van der Waals surface area contributed by atoms with Crippen LogP contribution in [-0.2, 0) is 0 Å². The highest BCUT2D eigenvalue weighted by molar-refractivity contribution is 5.84. The van der Waals surface area contributed by atoms with E-state index in [1.54, 1.807) is 30.3 Å². The summed E-state index contributed by atoms with van der Waals surface area (Å²) in [5, 5.41) is 2.11. The molecule has 0 saturated heterocycles. The highest BCUT2D eigenvalue weighted by Crippen LogP contribution is 2.21. The second-order valence-electron chi connectivity index (χ2n) is 4.28. The van der Waals surface area contributed by atoms with E-state index in [4.69, 9.17) is 9.47 Å². The first-order valence-electron chi connectivity index (χ1n) is 6.25. The van der Waals surface area contributed by atoms with Crippen molar-refractivity contribution in [3.05, 3.63) is 72.8 Å². The summed E-state index contributed by atoms with van der Waals surface area (Å²) in [5.74, 6) is 0.919. The van der Waals surface area contributed by atoms with Crippen LogP contribution in [0.3, 0.4) is 0 Å². The van der Waals surface area contributed by atoms with Gasteiger partial charge in [-0.25, -0.2) is 4.79 Å². The van der Waals surface area contributed by atoms with Gasteiger partial charge in [0.25, 0.3) is 0 Å². The van der Waals surface area contributed by atoms with Gasteiger partial charge in [-0.05, 0) is 35.0 Å². The quantitative estimate of drug-likeness (QED) is 0.507. The number of para-hydroxylation sites is 1. The van der Waals surface area contributed by atoms with E-state index in [1.807, 2.05) is 42.5 Å². The molecular weight excluding hydrogens is 252 g/mol. The fourth-order valence-electron chi connectivity index (χ4n) is 1.93. The summed E-state index contributed by atoms with van der Waals surface area (Å²) in [4.78, 5) is 11.7. The maximum absolute atomic E-state index is 11.7. The predicted octanol–water partition coefficient (Wildman–Crippen LogP) is 4.42. The Balaban J connectivity index is 1.74. The number of ether oxygens (including phenoxy) is 2. The zero-order valence-corrected chi connectivity index (χ0v) is 10.7. The largest absolute Gasteiger partial charge is 0.519 e. The molecule has 20 heavy (non-hydrogen) atoms. The zero-order valence-electron chi connectivity index (χ0n) is 10.7. The van der Waals surface area contributed by atoms with Crippen molar-refractivity contribution in [3.8, 4) is 11.5 Å². The minimum atomic E-state index is -0.744.